The third kappa shape index (κ3) is 3.19. The number of nitrogens with two attached hydrogens (primary N) is 1. The van der Waals surface area contributed by atoms with Gasteiger partial charge < -0.3 is 5.73 Å². The van der Waals surface area contributed by atoms with Crippen molar-refractivity contribution in [3.63, 3.8) is 0 Å². The highest BCUT2D eigenvalue weighted by Crippen LogP contribution is 2.43. The maximum atomic E-state index is 6.10. The number of rotatable bonds is 4. The number of aromatic nitrogens is 2. The summed E-state index contributed by atoms with van der Waals surface area (Å²) in [4.78, 5) is 12.1. The van der Waals surface area contributed by atoms with Crippen LogP contribution in [0.1, 0.15) is 44.2 Å². The number of nitrogen functional groups attached to an aromatic ring is 1. The Hall–Kier alpha value is -0.810. The molecule has 0 radical (unpaired) electrons. The van der Waals surface area contributed by atoms with Gasteiger partial charge in [-0.05, 0) is 43.3 Å². The first-order valence-corrected chi connectivity index (χ1v) is 9.55. The molecule has 5 heteroatoms. The van der Waals surface area contributed by atoms with Crippen molar-refractivity contribution in [3.05, 3.63) is 10.6 Å². The highest BCUT2D eigenvalue weighted by atomic mass is 32.2. The summed E-state index contributed by atoms with van der Waals surface area (Å²) in [5.74, 6) is 3.17. The molecule has 1 unspecified atom stereocenters. The Balaban J connectivity index is 1.90. The highest BCUT2D eigenvalue weighted by molar-refractivity contribution is 7.99. The lowest BCUT2D eigenvalue weighted by Gasteiger charge is -2.20. The van der Waals surface area contributed by atoms with E-state index in [1.54, 1.807) is 0 Å². The van der Waals surface area contributed by atoms with Gasteiger partial charge in [0, 0.05) is 4.88 Å². The second kappa shape index (κ2) is 6.13. The molecule has 0 saturated carbocycles. The quantitative estimate of drug-likeness (QED) is 0.843. The maximum Gasteiger partial charge on any atom is 0.152 e. The first-order chi connectivity index (χ1) is 10.0. The molecular weight excluding hydrogens is 298 g/mol. The minimum Gasteiger partial charge on any atom is -0.382 e. The standard InChI is InChI=1S/C16H23N3S2/c1-9(2)6-7-20-16-14-13(15(17)19-16)18-11-8-10(3)4-5-12(11)21-14/h9-10H,4-8H2,1-3H3,(H2,17,19). The zero-order valence-electron chi connectivity index (χ0n) is 13.0. The Labute approximate surface area is 135 Å². The van der Waals surface area contributed by atoms with Crippen LogP contribution in [-0.4, -0.2) is 15.7 Å². The van der Waals surface area contributed by atoms with E-state index in [0.717, 1.165) is 41.2 Å². The van der Waals surface area contributed by atoms with Gasteiger partial charge >= 0.3 is 0 Å². The fourth-order valence-corrected chi connectivity index (χ4v) is 5.23. The second-order valence-corrected chi connectivity index (χ2v) is 8.63. The van der Waals surface area contributed by atoms with E-state index in [2.05, 4.69) is 25.8 Å². The highest BCUT2D eigenvalue weighted by Gasteiger charge is 2.25. The van der Waals surface area contributed by atoms with Gasteiger partial charge in [0.2, 0.25) is 0 Å². The van der Waals surface area contributed by atoms with Gasteiger partial charge in [-0.1, -0.05) is 20.8 Å². The van der Waals surface area contributed by atoms with Crippen molar-refractivity contribution < 1.29 is 0 Å². The SMILES string of the molecule is CC(C)CCSc1nc(N)c2nc3c(sc1-2)CCC(C)C3. The van der Waals surface area contributed by atoms with Gasteiger partial charge in [0.25, 0.3) is 0 Å². The van der Waals surface area contributed by atoms with Gasteiger partial charge in [-0.15, -0.1) is 23.1 Å². The van der Waals surface area contributed by atoms with E-state index in [0.29, 0.717) is 5.82 Å². The normalized spacial score (nSPS) is 18.4. The van der Waals surface area contributed by atoms with Crippen LogP contribution in [-0.2, 0) is 12.8 Å². The van der Waals surface area contributed by atoms with E-state index in [4.69, 9.17) is 10.7 Å². The predicted octanol–water partition coefficient (Wildman–Crippen LogP) is 4.49. The van der Waals surface area contributed by atoms with Crippen LogP contribution in [0.4, 0.5) is 5.82 Å². The molecule has 2 aliphatic heterocycles. The van der Waals surface area contributed by atoms with Crippen molar-refractivity contribution >= 4 is 28.9 Å². The lowest BCUT2D eigenvalue weighted by atomic mass is 9.93. The van der Waals surface area contributed by atoms with Crippen LogP contribution >= 0.6 is 23.1 Å². The molecule has 0 aromatic carbocycles. The summed E-state index contributed by atoms with van der Waals surface area (Å²) >= 11 is 3.70. The Bertz CT molecular complexity index is 606. The largest absolute Gasteiger partial charge is 0.382 e. The lowest BCUT2D eigenvalue weighted by Crippen LogP contribution is -2.12. The molecule has 0 amide bonds. The van der Waals surface area contributed by atoms with Crippen LogP contribution in [0, 0.1) is 11.8 Å². The van der Waals surface area contributed by atoms with Gasteiger partial charge in [0.15, 0.2) is 5.82 Å². The summed E-state index contributed by atoms with van der Waals surface area (Å²) in [6.45, 7) is 6.82. The Morgan fingerprint density at radius 1 is 1.38 bits per heavy atom. The molecule has 1 atom stereocenters. The van der Waals surface area contributed by atoms with Crippen LogP contribution in [0.5, 0.6) is 0 Å². The van der Waals surface area contributed by atoms with Crippen molar-refractivity contribution in [3.8, 4) is 10.6 Å². The minimum absolute atomic E-state index is 0.606. The molecule has 0 spiro atoms. The second-order valence-electron chi connectivity index (χ2n) is 6.44. The summed E-state index contributed by atoms with van der Waals surface area (Å²) < 4.78 is 0. The van der Waals surface area contributed by atoms with E-state index in [-0.39, 0.29) is 0 Å². The fraction of sp³-hybridized carbons (Fsp3) is 0.625. The predicted molar refractivity (Wildman–Crippen MR) is 92.3 cm³/mol. The van der Waals surface area contributed by atoms with E-state index >= 15 is 0 Å². The Morgan fingerprint density at radius 2 is 2.19 bits per heavy atom. The molecule has 0 aromatic rings. The number of anilines is 1. The number of nitrogens with zero attached hydrogens (tertiary/aromatic N) is 2. The zero-order valence-corrected chi connectivity index (χ0v) is 14.6. The topological polar surface area (TPSA) is 51.8 Å². The van der Waals surface area contributed by atoms with E-state index < -0.39 is 0 Å². The summed E-state index contributed by atoms with van der Waals surface area (Å²) in [5.41, 5.74) is 8.28. The first-order valence-electron chi connectivity index (χ1n) is 7.75. The smallest absolute Gasteiger partial charge is 0.152 e. The molecule has 21 heavy (non-hydrogen) atoms. The van der Waals surface area contributed by atoms with Crippen molar-refractivity contribution in [2.75, 3.05) is 11.5 Å². The third-order valence-electron chi connectivity index (χ3n) is 4.01. The van der Waals surface area contributed by atoms with E-state index in [1.165, 1.54) is 28.3 Å². The summed E-state index contributed by atoms with van der Waals surface area (Å²) in [5, 5.41) is 1.09. The molecule has 3 nitrogen and oxygen atoms in total. The summed E-state index contributed by atoms with van der Waals surface area (Å²) in [6, 6.07) is 0. The average molecular weight is 322 g/mol. The van der Waals surface area contributed by atoms with Gasteiger partial charge in [0.05, 0.1) is 10.6 Å². The summed E-state index contributed by atoms with van der Waals surface area (Å²) in [7, 11) is 0. The molecule has 2 heterocycles. The number of fused-ring (bicyclic) bond motifs is 2. The number of hydrogen-bond acceptors (Lipinski definition) is 5. The number of hydrogen-bond donors (Lipinski definition) is 1. The molecule has 3 rings (SSSR count). The third-order valence-corrected chi connectivity index (χ3v) is 6.42. The molecule has 0 aromatic heterocycles. The van der Waals surface area contributed by atoms with E-state index in [9.17, 15) is 0 Å². The summed E-state index contributed by atoms with van der Waals surface area (Å²) in [6.07, 6.45) is 4.73. The van der Waals surface area contributed by atoms with Crippen molar-refractivity contribution in [2.24, 2.45) is 11.8 Å². The van der Waals surface area contributed by atoms with Gasteiger partial charge in [-0.2, -0.15) is 0 Å². The van der Waals surface area contributed by atoms with Crippen molar-refractivity contribution in [1.29, 1.82) is 0 Å². The number of aryl methyl sites for hydroxylation is 1. The molecule has 0 fully saturated rings. The van der Waals surface area contributed by atoms with Crippen LogP contribution in [0.15, 0.2) is 5.03 Å². The van der Waals surface area contributed by atoms with Crippen LogP contribution < -0.4 is 5.73 Å². The first kappa shape index (κ1) is 15.1. The van der Waals surface area contributed by atoms with Crippen LogP contribution in [0.2, 0.25) is 0 Å². The lowest BCUT2D eigenvalue weighted by molar-refractivity contribution is 0.497. The maximum absolute atomic E-state index is 6.10. The van der Waals surface area contributed by atoms with Gasteiger partial charge in [0.1, 0.15) is 10.7 Å². The van der Waals surface area contributed by atoms with Crippen molar-refractivity contribution in [1.82, 2.24) is 9.97 Å². The van der Waals surface area contributed by atoms with Gasteiger partial charge in [-0.25, -0.2) is 9.97 Å². The van der Waals surface area contributed by atoms with Crippen LogP contribution in [0.25, 0.3) is 10.6 Å². The molecular formula is C16H23N3S2. The Morgan fingerprint density at radius 3 is 2.95 bits per heavy atom. The Kier molecular flexibility index (Phi) is 4.41. The molecule has 1 aliphatic carbocycles. The average Bonchev–Trinajstić information content (AvgIpc) is 2.72. The minimum atomic E-state index is 0.606. The van der Waals surface area contributed by atoms with Gasteiger partial charge in [-0.3, -0.25) is 0 Å². The number of thioether (sulfide) groups is 1. The molecule has 2 N–H and O–H groups in total. The zero-order chi connectivity index (χ0) is 15.0. The molecule has 0 saturated heterocycles. The van der Waals surface area contributed by atoms with Crippen molar-refractivity contribution in [2.45, 2.75) is 51.5 Å². The fourth-order valence-electron chi connectivity index (χ4n) is 2.66. The van der Waals surface area contributed by atoms with E-state index in [1.807, 2.05) is 23.1 Å². The van der Waals surface area contributed by atoms with Crippen LogP contribution in [0.3, 0.4) is 0 Å². The molecule has 114 valence electrons. The monoisotopic (exact) mass is 321 g/mol. The molecule has 0 bridgehead atoms. The molecule has 3 aliphatic rings.